The van der Waals surface area contributed by atoms with Gasteiger partial charge in [0.2, 0.25) is 0 Å². The highest BCUT2D eigenvalue weighted by Crippen LogP contribution is 2.12. The number of carbonyl (C=O) groups is 1. The summed E-state index contributed by atoms with van der Waals surface area (Å²) >= 11 is 1.15. The van der Waals surface area contributed by atoms with Gasteiger partial charge in [0.1, 0.15) is 0 Å². The van der Waals surface area contributed by atoms with Gasteiger partial charge < -0.3 is 4.74 Å². The Morgan fingerprint density at radius 1 is 1.69 bits per heavy atom. The minimum absolute atomic E-state index is 0.230. The van der Waals surface area contributed by atoms with Crippen molar-refractivity contribution in [1.82, 2.24) is 4.98 Å². The number of ether oxygens (including phenoxy) is 1. The first-order valence-electron chi connectivity index (χ1n) is 4.01. The van der Waals surface area contributed by atoms with E-state index in [2.05, 4.69) is 4.98 Å². The summed E-state index contributed by atoms with van der Waals surface area (Å²) in [5.74, 6) is 0.618. The number of thioether (sulfide) groups is 1. The second-order valence-corrected chi connectivity index (χ2v) is 3.24. The van der Waals surface area contributed by atoms with Crippen molar-refractivity contribution < 1.29 is 9.53 Å². The van der Waals surface area contributed by atoms with Gasteiger partial charge in [-0.1, -0.05) is 6.07 Å². The van der Waals surface area contributed by atoms with E-state index in [4.69, 9.17) is 4.74 Å². The summed E-state index contributed by atoms with van der Waals surface area (Å²) in [5.41, 5.74) is 1.03. The fourth-order valence-corrected chi connectivity index (χ4v) is 1.44. The van der Waals surface area contributed by atoms with Gasteiger partial charge in [0.15, 0.2) is 0 Å². The average molecular weight is 197 g/mol. The van der Waals surface area contributed by atoms with E-state index < -0.39 is 0 Å². The van der Waals surface area contributed by atoms with Gasteiger partial charge in [0.05, 0.1) is 6.61 Å². The van der Waals surface area contributed by atoms with Crippen molar-refractivity contribution in [2.45, 2.75) is 12.7 Å². The number of pyridine rings is 1. The van der Waals surface area contributed by atoms with Crippen molar-refractivity contribution in [3.05, 3.63) is 30.1 Å². The molecule has 13 heavy (non-hydrogen) atoms. The molecule has 0 saturated carbocycles. The summed E-state index contributed by atoms with van der Waals surface area (Å²) < 4.78 is 4.77. The third-order valence-corrected chi connectivity index (χ3v) is 2.17. The predicted molar refractivity (Wildman–Crippen MR) is 52.6 cm³/mol. The van der Waals surface area contributed by atoms with Crippen LogP contribution in [0.4, 0.5) is 4.79 Å². The van der Waals surface area contributed by atoms with Crippen LogP contribution in [0.1, 0.15) is 12.5 Å². The van der Waals surface area contributed by atoms with Gasteiger partial charge >= 0.3 is 5.30 Å². The molecule has 0 aliphatic rings. The molecule has 3 nitrogen and oxygen atoms in total. The second kappa shape index (κ2) is 5.59. The molecule has 0 bridgehead atoms. The highest BCUT2D eigenvalue weighted by Gasteiger charge is 2.02. The maximum Gasteiger partial charge on any atom is 0.367 e. The fourth-order valence-electron chi connectivity index (χ4n) is 0.785. The smallest absolute Gasteiger partial charge is 0.367 e. The van der Waals surface area contributed by atoms with Gasteiger partial charge in [-0.25, -0.2) is 4.79 Å². The van der Waals surface area contributed by atoms with Gasteiger partial charge in [-0.2, -0.15) is 0 Å². The van der Waals surface area contributed by atoms with Crippen molar-refractivity contribution in [1.29, 1.82) is 0 Å². The molecule has 0 atom stereocenters. The number of hydrogen-bond donors (Lipinski definition) is 0. The quantitative estimate of drug-likeness (QED) is 0.698. The number of carbonyl (C=O) groups excluding carboxylic acids is 1. The van der Waals surface area contributed by atoms with Crippen LogP contribution in [-0.2, 0) is 10.5 Å². The number of hydrogen-bond acceptors (Lipinski definition) is 4. The van der Waals surface area contributed by atoms with Crippen molar-refractivity contribution in [3.63, 3.8) is 0 Å². The van der Waals surface area contributed by atoms with Crippen LogP contribution in [0.15, 0.2) is 24.5 Å². The molecule has 0 amide bonds. The van der Waals surface area contributed by atoms with Gasteiger partial charge in [-0.15, -0.1) is 0 Å². The molecule has 0 radical (unpaired) electrons. The number of rotatable bonds is 3. The van der Waals surface area contributed by atoms with Crippen molar-refractivity contribution in [2.24, 2.45) is 0 Å². The zero-order chi connectivity index (χ0) is 9.52. The van der Waals surface area contributed by atoms with E-state index in [9.17, 15) is 4.79 Å². The Labute approximate surface area is 81.5 Å². The topological polar surface area (TPSA) is 39.2 Å². The van der Waals surface area contributed by atoms with Crippen molar-refractivity contribution in [3.8, 4) is 0 Å². The Kier molecular flexibility index (Phi) is 4.32. The first-order chi connectivity index (χ1) is 6.33. The molecular weight excluding hydrogens is 186 g/mol. The van der Waals surface area contributed by atoms with E-state index in [1.54, 1.807) is 19.3 Å². The third-order valence-electron chi connectivity index (χ3n) is 1.34. The zero-order valence-electron chi connectivity index (χ0n) is 7.40. The summed E-state index contributed by atoms with van der Waals surface area (Å²) in [5, 5.41) is -0.230. The zero-order valence-corrected chi connectivity index (χ0v) is 8.21. The minimum atomic E-state index is -0.230. The lowest BCUT2D eigenvalue weighted by atomic mass is 10.3. The molecule has 1 heterocycles. The molecular formula is C9H11NO2S. The SMILES string of the molecule is CCOC(=O)SCc1cccnc1. The van der Waals surface area contributed by atoms with Gasteiger partial charge in [0.25, 0.3) is 0 Å². The van der Waals surface area contributed by atoms with Crippen molar-refractivity contribution >= 4 is 17.1 Å². The van der Waals surface area contributed by atoms with Gasteiger partial charge in [-0.3, -0.25) is 4.98 Å². The molecule has 70 valence electrons. The van der Waals surface area contributed by atoms with Gasteiger partial charge in [0, 0.05) is 18.1 Å². The lowest BCUT2D eigenvalue weighted by Crippen LogP contribution is -1.96. The summed E-state index contributed by atoms with van der Waals surface area (Å²) in [6, 6.07) is 3.78. The number of aromatic nitrogens is 1. The molecule has 0 unspecified atom stereocenters. The average Bonchev–Trinajstić information content (AvgIpc) is 2.17. The van der Waals surface area contributed by atoms with E-state index >= 15 is 0 Å². The van der Waals surface area contributed by atoms with Crippen molar-refractivity contribution in [2.75, 3.05) is 6.61 Å². The summed E-state index contributed by atoms with van der Waals surface area (Å²) in [6.45, 7) is 2.22. The molecule has 4 heteroatoms. The highest BCUT2D eigenvalue weighted by atomic mass is 32.2. The van der Waals surface area contributed by atoms with Gasteiger partial charge in [-0.05, 0) is 30.3 Å². The van der Waals surface area contributed by atoms with E-state index in [1.807, 2.05) is 12.1 Å². The maximum absolute atomic E-state index is 10.9. The Balaban J connectivity index is 2.31. The summed E-state index contributed by atoms with van der Waals surface area (Å²) in [4.78, 5) is 14.9. The third kappa shape index (κ3) is 3.94. The Hall–Kier alpha value is -1.03. The monoisotopic (exact) mass is 197 g/mol. The highest BCUT2D eigenvalue weighted by molar-refractivity contribution is 8.12. The van der Waals surface area contributed by atoms with Crippen LogP contribution in [-0.4, -0.2) is 16.9 Å². The van der Waals surface area contributed by atoms with Crippen LogP contribution in [0.25, 0.3) is 0 Å². The minimum Gasteiger partial charge on any atom is -0.458 e. The summed E-state index contributed by atoms with van der Waals surface area (Å²) in [6.07, 6.45) is 3.45. The second-order valence-electron chi connectivity index (χ2n) is 2.33. The Bertz CT molecular complexity index is 264. The molecule has 0 spiro atoms. The lowest BCUT2D eigenvalue weighted by molar-refractivity contribution is 0.181. The largest absolute Gasteiger partial charge is 0.458 e. The predicted octanol–water partition coefficient (Wildman–Crippen LogP) is 2.47. The molecule has 1 aromatic heterocycles. The first-order valence-corrected chi connectivity index (χ1v) is 5.00. The molecule has 0 aliphatic heterocycles. The van der Waals surface area contributed by atoms with Crippen LogP contribution in [0.2, 0.25) is 0 Å². The Morgan fingerprint density at radius 2 is 2.54 bits per heavy atom. The molecule has 1 aromatic rings. The molecule has 0 fully saturated rings. The van der Waals surface area contributed by atoms with E-state index in [-0.39, 0.29) is 5.30 Å². The first kappa shape index (κ1) is 10.1. The van der Waals surface area contributed by atoms with Crippen LogP contribution in [0.3, 0.4) is 0 Å². The molecule has 0 N–H and O–H groups in total. The maximum atomic E-state index is 10.9. The molecule has 0 aromatic carbocycles. The van der Waals surface area contributed by atoms with E-state index in [1.165, 1.54) is 0 Å². The fraction of sp³-hybridized carbons (Fsp3) is 0.333. The van der Waals surface area contributed by atoms with E-state index in [0.29, 0.717) is 12.4 Å². The van der Waals surface area contributed by atoms with Crippen LogP contribution < -0.4 is 0 Å². The molecule has 0 saturated heterocycles. The standard InChI is InChI=1S/C9H11NO2S/c1-2-12-9(11)13-7-8-4-3-5-10-6-8/h3-6H,2,7H2,1H3. The number of nitrogens with zero attached hydrogens (tertiary/aromatic N) is 1. The lowest BCUT2D eigenvalue weighted by Gasteiger charge is -2.00. The van der Waals surface area contributed by atoms with Crippen LogP contribution >= 0.6 is 11.8 Å². The van der Waals surface area contributed by atoms with Crippen LogP contribution in [0.5, 0.6) is 0 Å². The normalized spacial score (nSPS) is 9.62. The molecule has 1 rings (SSSR count). The summed E-state index contributed by atoms with van der Waals surface area (Å²) in [7, 11) is 0. The van der Waals surface area contributed by atoms with Crippen LogP contribution in [0, 0.1) is 0 Å². The Morgan fingerprint density at radius 3 is 3.15 bits per heavy atom. The van der Waals surface area contributed by atoms with E-state index in [0.717, 1.165) is 17.3 Å². The molecule has 0 aliphatic carbocycles.